The van der Waals surface area contributed by atoms with Gasteiger partial charge in [-0.1, -0.05) is 12.1 Å². The second kappa shape index (κ2) is 5.94. The van der Waals surface area contributed by atoms with E-state index in [2.05, 4.69) is 24.3 Å². The predicted molar refractivity (Wildman–Crippen MR) is 65.6 cm³/mol. The van der Waals surface area contributed by atoms with Crippen molar-refractivity contribution in [3.63, 3.8) is 0 Å². The van der Waals surface area contributed by atoms with Crippen LogP contribution >= 0.6 is 11.8 Å². The molecule has 0 unspecified atom stereocenters. The molecular weight excluding hydrogens is 192 g/mol. The van der Waals surface area contributed by atoms with E-state index in [1.807, 2.05) is 30.0 Å². The first kappa shape index (κ1) is 11.4. The largest absolute Gasteiger partial charge is 0.399 e. The second-order valence-electron chi connectivity index (χ2n) is 3.48. The van der Waals surface area contributed by atoms with Crippen molar-refractivity contribution in [2.45, 2.75) is 6.54 Å². The molecule has 0 aromatic heterocycles. The number of nitrogens with two attached hydrogens (primary N) is 1. The quantitative estimate of drug-likeness (QED) is 0.754. The van der Waals surface area contributed by atoms with Gasteiger partial charge in [0.25, 0.3) is 0 Å². The van der Waals surface area contributed by atoms with E-state index in [1.54, 1.807) is 0 Å². The van der Waals surface area contributed by atoms with E-state index in [9.17, 15) is 0 Å². The van der Waals surface area contributed by atoms with Crippen LogP contribution in [-0.4, -0.2) is 30.5 Å². The van der Waals surface area contributed by atoms with Crippen molar-refractivity contribution in [1.82, 2.24) is 4.90 Å². The Kier molecular flexibility index (Phi) is 4.84. The first-order valence-corrected chi connectivity index (χ1v) is 6.13. The average Bonchev–Trinajstić information content (AvgIpc) is 2.15. The van der Waals surface area contributed by atoms with Crippen molar-refractivity contribution >= 4 is 17.4 Å². The van der Waals surface area contributed by atoms with Gasteiger partial charge in [0.2, 0.25) is 0 Å². The minimum Gasteiger partial charge on any atom is -0.399 e. The Morgan fingerprint density at radius 3 is 2.86 bits per heavy atom. The predicted octanol–water partition coefficient (Wildman–Crippen LogP) is 2.06. The van der Waals surface area contributed by atoms with E-state index in [1.165, 1.54) is 11.3 Å². The van der Waals surface area contributed by atoms with Crippen LogP contribution in [-0.2, 0) is 6.54 Å². The summed E-state index contributed by atoms with van der Waals surface area (Å²) in [6.45, 7) is 2.10. The van der Waals surface area contributed by atoms with Crippen LogP contribution in [0.1, 0.15) is 5.56 Å². The molecule has 78 valence electrons. The summed E-state index contributed by atoms with van der Waals surface area (Å²) in [5.74, 6) is 1.18. The van der Waals surface area contributed by atoms with Crippen LogP contribution in [0.5, 0.6) is 0 Å². The van der Waals surface area contributed by atoms with Crippen molar-refractivity contribution in [2.24, 2.45) is 0 Å². The molecule has 3 heteroatoms. The maximum absolute atomic E-state index is 5.71. The van der Waals surface area contributed by atoms with E-state index in [-0.39, 0.29) is 0 Å². The lowest BCUT2D eigenvalue weighted by Gasteiger charge is -2.15. The monoisotopic (exact) mass is 210 g/mol. The van der Waals surface area contributed by atoms with Gasteiger partial charge in [-0.05, 0) is 31.0 Å². The van der Waals surface area contributed by atoms with Crippen LogP contribution < -0.4 is 5.73 Å². The number of rotatable bonds is 5. The minimum absolute atomic E-state index is 0.848. The second-order valence-corrected chi connectivity index (χ2v) is 4.46. The zero-order valence-corrected chi connectivity index (χ0v) is 9.68. The molecule has 0 atom stereocenters. The molecule has 0 radical (unpaired) electrons. The molecule has 1 aromatic carbocycles. The van der Waals surface area contributed by atoms with Gasteiger partial charge < -0.3 is 10.6 Å². The third-order valence-electron chi connectivity index (χ3n) is 2.08. The molecule has 1 aromatic rings. The van der Waals surface area contributed by atoms with Gasteiger partial charge in [-0.3, -0.25) is 0 Å². The number of hydrogen-bond acceptors (Lipinski definition) is 3. The molecule has 2 N–H and O–H groups in total. The van der Waals surface area contributed by atoms with Gasteiger partial charge in [0.05, 0.1) is 0 Å². The molecule has 2 nitrogen and oxygen atoms in total. The molecule has 0 amide bonds. The summed E-state index contributed by atoms with van der Waals surface area (Å²) in [7, 11) is 2.14. The van der Waals surface area contributed by atoms with E-state index in [0.29, 0.717) is 0 Å². The molecule has 0 aliphatic rings. The summed E-state index contributed by atoms with van der Waals surface area (Å²) in [6, 6.07) is 8.08. The molecule has 1 rings (SSSR count). The normalized spacial score (nSPS) is 10.8. The van der Waals surface area contributed by atoms with Gasteiger partial charge in [-0.2, -0.15) is 11.8 Å². The zero-order valence-electron chi connectivity index (χ0n) is 8.86. The fourth-order valence-corrected chi connectivity index (χ4v) is 1.82. The standard InChI is InChI=1S/C11H18N2S/c1-13(6-7-14-2)9-10-4-3-5-11(12)8-10/h3-5,8H,6-7,9,12H2,1-2H3. The number of thioether (sulfide) groups is 1. The van der Waals surface area contributed by atoms with Crippen molar-refractivity contribution in [2.75, 3.05) is 31.3 Å². The highest BCUT2D eigenvalue weighted by molar-refractivity contribution is 7.98. The average molecular weight is 210 g/mol. The van der Waals surface area contributed by atoms with Gasteiger partial charge >= 0.3 is 0 Å². The fraction of sp³-hybridized carbons (Fsp3) is 0.455. The highest BCUT2D eigenvalue weighted by Crippen LogP contribution is 2.08. The van der Waals surface area contributed by atoms with Crippen LogP contribution in [0.4, 0.5) is 5.69 Å². The number of nitrogens with zero attached hydrogens (tertiary/aromatic N) is 1. The molecule has 0 aliphatic heterocycles. The smallest absolute Gasteiger partial charge is 0.0317 e. The van der Waals surface area contributed by atoms with Crippen LogP contribution in [0.3, 0.4) is 0 Å². The van der Waals surface area contributed by atoms with Gasteiger partial charge in [-0.15, -0.1) is 0 Å². The molecule has 0 saturated heterocycles. The lowest BCUT2D eigenvalue weighted by atomic mass is 10.2. The van der Waals surface area contributed by atoms with Gasteiger partial charge in [0.15, 0.2) is 0 Å². The molecule has 0 spiro atoms. The summed E-state index contributed by atoms with van der Waals surface area (Å²) in [5.41, 5.74) is 7.85. The Bertz CT molecular complexity index is 276. The lowest BCUT2D eigenvalue weighted by molar-refractivity contribution is 0.349. The van der Waals surface area contributed by atoms with E-state index in [4.69, 9.17) is 5.73 Å². The number of nitrogen functional groups attached to an aromatic ring is 1. The van der Waals surface area contributed by atoms with Crippen LogP contribution in [0, 0.1) is 0 Å². The summed E-state index contributed by atoms with van der Waals surface area (Å²) in [6.07, 6.45) is 2.13. The van der Waals surface area contributed by atoms with Crippen LogP contribution in [0.25, 0.3) is 0 Å². The Hall–Kier alpha value is -0.670. The Morgan fingerprint density at radius 1 is 1.43 bits per heavy atom. The Balaban J connectivity index is 2.43. The molecule has 0 saturated carbocycles. The maximum atomic E-state index is 5.71. The maximum Gasteiger partial charge on any atom is 0.0317 e. The van der Waals surface area contributed by atoms with Gasteiger partial charge in [0, 0.05) is 24.5 Å². The van der Waals surface area contributed by atoms with Crippen molar-refractivity contribution < 1.29 is 0 Å². The number of benzene rings is 1. The molecule has 14 heavy (non-hydrogen) atoms. The molecule has 0 bridgehead atoms. The van der Waals surface area contributed by atoms with Crippen LogP contribution in [0.2, 0.25) is 0 Å². The first-order valence-electron chi connectivity index (χ1n) is 4.74. The van der Waals surface area contributed by atoms with E-state index < -0.39 is 0 Å². The van der Waals surface area contributed by atoms with Gasteiger partial charge in [-0.25, -0.2) is 0 Å². The third-order valence-corrected chi connectivity index (χ3v) is 2.67. The van der Waals surface area contributed by atoms with Crippen molar-refractivity contribution in [1.29, 1.82) is 0 Å². The van der Waals surface area contributed by atoms with Gasteiger partial charge in [0.1, 0.15) is 0 Å². The number of hydrogen-bond donors (Lipinski definition) is 1. The highest BCUT2D eigenvalue weighted by atomic mass is 32.2. The SMILES string of the molecule is CSCCN(C)Cc1cccc(N)c1. The topological polar surface area (TPSA) is 29.3 Å². The van der Waals surface area contributed by atoms with Crippen molar-refractivity contribution in [3.8, 4) is 0 Å². The molecular formula is C11H18N2S. The summed E-state index contributed by atoms with van der Waals surface area (Å²) in [5, 5.41) is 0. The summed E-state index contributed by atoms with van der Waals surface area (Å²) < 4.78 is 0. The lowest BCUT2D eigenvalue weighted by Crippen LogP contribution is -2.20. The molecule has 0 aliphatic carbocycles. The Morgan fingerprint density at radius 2 is 2.21 bits per heavy atom. The fourth-order valence-electron chi connectivity index (χ4n) is 1.33. The van der Waals surface area contributed by atoms with Crippen molar-refractivity contribution in [3.05, 3.63) is 29.8 Å². The Labute approximate surface area is 90.5 Å². The third kappa shape index (κ3) is 4.03. The van der Waals surface area contributed by atoms with E-state index >= 15 is 0 Å². The zero-order chi connectivity index (χ0) is 10.4. The van der Waals surface area contributed by atoms with Crippen LogP contribution in [0.15, 0.2) is 24.3 Å². The van der Waals surface area contributed by atoms with E-state index in [0.717, 1.165) is 18.8 Å². The number of anilines is 1. The summed E-state index contributed by atoms with van der Waals surface area (Å²) in [4.78, 5) is 2.31. The highest BCUT2D eigenvalue weighted by Gasteiger charge is 1.99. The summed E-state index contributed by atoms with van der Waals surface area (Å²) >= 11 is 1.88. The minimum atomic E-state index is 0.848. The molecule has 0 fully saturated rings. The molecule has 0 heterocycles. The first-order chi connectivity index (χ1) is 6.72.